The Morgan fingerprint density at radius 3 is 1.78 bits per heavy atom. The van der Waals surface area contributed by atoms with Crippen LogP contribution in [0.2, 0.25) is 0 Å². The molecule has 0 bridgehead atoms. The van der Waals surface area contributed by atoms with Crippen molar-refractivity contribution < 1.29 is 0 Å². The van der Waals surface area contributed by atoms with Crippen molar-refractivity contribution in [1.29, 1.82) is 0 Å². The maximum Gasteiger partial charge on any atom is 0.244 e. The molecule has 0 nitrogen and oxygen atoms in total. The highest BCUT2D eigenvalue weighted by molar-refractivity contribution is 7.22. The first-order chi connectivity index (χ1) is 21.4. The van der Waals surface area contributed by atoms with Crippen LogP contribution in [0, 0.1) is 27.7 Å². The summed E-state index contributed by atoms with van der Waals surface area (Å²) in [5, 5.41) is 1.50. The second-order valence-corrected chi connectivity index (χ2v) is 19.2. The van der Waals surface area contributed by atoms with Crippen molar-refractivity contribution in [3.63, 3.8) is 0 Å². The summed E-state index contributed by atoms with van der Waals surface area (Å²) in [5.41, 5.74) is 17.4. The lowest BCUT2D eigenvalue weighted by atomic mass is 9.34. The number of fused-ring (bicyclic) bond motifs is 2. The molecule has 2 aliphatic rings. The molecule has 3 aromatic carbocycles. The molecular formula is C44H59BS. The molecule has 0 radical (unpaired) electrons. The van der Waals surface area contributed by atoms with E-state index in [1.165, 1.54) is 86.7 Å². The summed E-state index contributed by atoms with van der Waals surface area (Å²) in [5.74, 6) is 0. The third kappa shape index (κ3) is 5.53. The molecule has 0 amide bonds. The van der Waals surface area contributed by atoms with Gasteiger partial charge in [-0.2, -0.15) is 0 Å². The molecule has 1 fully saturated rings. The zero-order chi connectivity index (χ0) is 33.6. The highest BCUT2D eigenvalue weighted by Crippen LogP contribution is 2.46. The molecule has 0 spiro atoms. The Labute approximate surface area is 285 Å². The Kier molecular flexibility index (Phi) is 8.32. The van der Waals surface area contributed by atoms with Gasteiger partial charge < -0.3 is 0 Å². The molecule has 1 heterocycles. The minimum atomic E-state index is 0.119. The molecule has 2 heteroatoms. The molecule has 0 unspecified atom stereocenters. The molecule has 0 N–H and O–H groups in total. The number of hydrogen-bond donors (Lipinski definition) is 0. The lowest BCUT2D eigenvalue weighted by Gasteiger charge is -2.43. The quantitative estimate of drug-likeness (QED) is 0.193. The van der Waals surface area contributed by atoms with Crippen LogP contribution in [0.5, 0.6) is 0 Å². The van der Waals surface area contributed by atoms with Gasteiger partial charge in [0.1, 0.15) is 0 Å². The summed E-state index contributed by atoms with van der Waals surface area (Å²) in [7, 11) is 0. The molecule has 4 aromatic rings. The fraction of sp³-hybridized carbons (Fsp3) is 0.545. The predicted molar refractivity (Wildman–Crippen MR) is 207 cm³/mol. The van der Waals surface area contributed by atoms with E-state index < -0.39 is 0 Å². The SMILES string of the molecule is CCc1cc2sc(C)c(B(c3cc4c(cc3C)C(C)(C)CCC4(C)C)c3c(C)cc(C(C)(C)C)cc3C)c2cc1C1(C)CCCC1. The lowest BCUT2D eigenvalue weighted by Crippen LogP contribution is -2.56. The van der Waals surface area contributed by atoms with Gasteiger partial charge in [-0.25, -0.2) is 0 Å². The zero-order valence-corrected chi connectivity index (χ0v) is 32.2. The molecule has 6 rings (SSSR count). The number of aryl methyl sites for hydroxylation is 5. The molecule has 2 aliphatic carbocycles. The van der Waals surface area contributed by atoms with Crippen LogP contribution < -0.4 is 16.4 Å². The van der Waals surface area contributed by atoms with E-state index in [2.05, 4.69) is 126 Å². The van der Waals surface area contributed by atoms with Crippen molar-refractivity contribution in [1.82, 2.24) is 0 Å². The van der Waals surface area contributed by atoms with Crippen LogP contribution in [0.3, 0.4) is 0 Å². The van der Waals surface area contributed by atoms with Crippen LogP contribution in [0.1, 0.15) is 150 Å². The van der Waals surface area contributed by atoms with Crippen LogP contribution >= 0.6 is 11.3 Å². The highest BCUT2D eigenvalue weighted by Gasteiger charge is 2.40. The summed E-state index contributed by atoms with van der Waals surface area (Å²) in [6.07, 6.45) is 8.93. The normalized spacial score (nSPS) is 18.6. The number of thiophene rings is 1. The summed E-state index contributed by atoms with van der Waals surface area (Å²) < 4.78 is 1.47. The van der Waals surface area contributed by atoms with Crippen molar-refractivity contribution in [2.75, 3.05) is 0 Å². The molecule has 244 valence electrons. The van der Waals surface area contributed by atoms with Gasteiger partial charge in [0.25, 0.3) is 0 Å². The summed E-state index contributed by atoms with van der Waals surface area (Å²) >= 11 is 2.03. The van der Waals surface area contributed by atoms with Crippen LogP contribution in [0.25, 0.3) is 10.1 Å². The maximum atomic E-state index is 2.68. The van der Waals surface area contributed by atoms with E-state index in [-0.39, 0.29) is 23.0 Å². The Morgan fingerprint density at radius 1 is 0.674 bits per heavy atom. The topological polar surface area (TPSA) is 0 Å². The minimum Gasteiger partial charge on any atom is -0.141 e. The minimum absolute atomic E-state index is 0.119. The Morgan fingerprint density at radius 2 is 1.24 bits per heavy atom. The van der Waals surface area contributed by atoms with Gasteiger partial charge in [0.2, 0.25) is 6.71 Å². The van der Waals surface area contributed by atoms with E-state index in [0.717, 1.165) is 6.42 Å². The lowest BCUT2D eigenvalue weighted by molar-refractivity contribution is 0.332. The average Bonchev–Trinajstić information content (AvgIpc) is 3.54. The predicted octanol–water partition coefficient (Wildman–Crippen LogP) is 10.7. The number of hydrogen-bond acceptors (Lipinski definition) is 1. The standard InChI is InChI=1S/C44H59BS/c1-14-31-24-38-33(25-34(31)44(13)17-15-16-18-44)40(30(5)46-38)45(39-28(3)21-32(22-29(39)4)41(6,7)8)37-26-36-35(23-27(37)2)42(9,10)19-20-43(36,11)12/h21-26H,14-20H2,1-13H3. The summed E-state index contributed by atoms with van der Waals surface area (Å²) in [4.78, 5) is 1.48. The molecule has 46 heavy (non-hydrogen) atoms. The van der Waals surface area contributed by atoms with E-state index in [0.29, 0.717) is 5.41 Å². The second kappa shape index (κ2) is 11.4. The first kappa shape index (κ1) is 33.6. The van der Waals surface area contributed by atoms with E-state index in [4.69, 9.17) is 0 Å². The smallest absolute Gasteiger partial charge is 0.141 e. The van der Waals surface area contributed by atoms with E-state index in [9.17, 15) is 0 Å². The van der Waals surface area contributed by atoms with Crippen LogP contribution in [-0.4, -0.2) is 6.71 Å². The number of benzene rings is 3. The first-order valence-electron chi connectivity index (χ1n) is 18.2. The van der Waals surface area contributed by atoms with E-state index >= 15 is 0 Å². The Balaban J connectivity index is 1.70. The van der Waals surface area contributed by atoms with Crippen molar-refractivity contribution in [3.05, 3.63) is 85.8 Å². The van der Waals surface area contributed by atoms with Gasteiger partial charge in [0.15, 0.2) is 0 Å². The van der Waals surface area contributed by atoms with Gasteiger partial charge in [-0.3, -0.25) is 0 Å². The zero-order valence-electron chi connectivity index (χ0n) is 31.4. The molecule has 0 saturated heterocycles. The highest BCUT2D eigenvalue weighted by atomic mass is 32.1. The van der Waals surface area contributed by atoms with E-state index in [1.807, 2.05) is 11.3 Å². The molecule has 1 saturated carbocycles. The molecule has 0 aliphatic heterocycles. The van der Waals surface area contributed by atoms with Gasteiger partial charge in [-0.1, -0.05) is 127 Å². The van der Waals surface area contributed by atoms with Gasteiger partial charge in [-0.05, 0) is 137 Å². The van der Waals surface area contributed by atoms with Crippen LogP contribution in [0.4, 0.5) is 0 Å². The average molecular weight is 631 g/mol. The maximum absolute atomic E-state index is 2.68. The van der Waals surface area contributed by atoms with Gasteiger partial charge in [0, 0.05) is 4.70 Å². The van der Waals surface area contributed by atoms with Gasteiger partial charge in [0.05, 0.1) is 0 Å². The number of rotatable bonds is 5. The Hall–Kier alpha value is -2.32. The fourth-order valence-corrected chi connectivity index (χ4v) is 10.5. The van der Waals surface area contributed by atoms with Crippen molar-refractivity contribution in [2.24, 2.45) is 0 Å². The molecule has 1 aromatic heterocycles. The summed E-state index contributed by atoms with van der Waals surface area (Å²) in [6.45, 7) is 31.6. The third-order valence-electron chi connectivity index (χ3n) is 12.5. The second-order valence-electron chi connectivity index (χ2n) is 17.9. The van der Waals surface area contributed by atoms with Gasteiger partial charge in [-0.15, -0.1) is 11.3 Å². The molecular weight excluding hydrogens is 571 g/mol. The third-order valence-corrected chi connectivity index (χ3v) is 13.5. The van der Waals surface area contributed by atoms with Crippen LogP contribution in [-0.2, 0) is 28.1 Å². The van der Waals surface area contributed by atoms with Crippen molar-refractivity contribution in [3.8, 4) is 0 Å². The van der Waals surface area contributed by atoms with Crippen molar-refractivity contribution >= 4 is 44.5 Å². The first-order valence-corrected chi connectivity index (χ1v) is 19.0. The summed E-state index contributed by atoms with van der Waals surface area (Å²) in [6, 6.07) is 15.5. The van der Waals surface area contributed by atoms with Crippen molar-refractivity contribution in [2.45, 2.75) is 157 Å². The fourth-order valence-electron chi connectivity index (χ4n) is 9.33. The van der Waals surface area contributed by atoms with Crippen LogP contribution in [0.15, 0.2) is 36.4 Å². The molecule has 0 atom stereocenters. The largest absolute Gasteiger partial charge is 0.244 e. The monoisotopic (exact) mass is 630 g/mol. The van der Waals surface area contributed by atoms with E-state index in [1.54, 1.807) is 27.7 Å². The Bertz CT molecular complexity index is 1790. The van der Waals surface area contributed by atoms with Gasteiger partial charge >= 0.3 is 0 Å².